The Hall–Kier alpha value is -1.68. The lowest BCUT2D eigenvalue weighted by atomic mass is 9.98. The van der Waals surface area contributed by atoms with Gasteiger partial charge in [0.25, 0.3) is 0 Å². The number of nitrogens with zero attached hydrogens (tertiary/aromatic N) is 3. The van der Waals surface area contributed by atoms with Gasteiger partial charge in [-0.25, -0.2) is 4.68 Å². The average Bonchev–Trinajstić information content (AvgIpc) is 2.87. The second kappa shape index (κ2) is 5.97. The van der Waals surface area contributed by atoms with Crippen molar-refractivity contribution in [2.24, 2.45) is 5.73 Å². The Morgan fingerprint density at radius 3 is 2.37 bits per heavy atom. The van der Waals surface area contributed by atoms with E-state index in [4.69, 9.17) is 5.73 Å². The molecule has 2 aromatic rings. The lowest BCUT2D eigenvalue weighted by Crippen LogP contribution is -2.17. The fraction of sp³-hybridized carbons (Fsp3) is 0.467. The lowest BCUT2D eigenvalue weighted by Gasteiger charge is -2.14. The molecule has 1 unspecified atom stereocenters. The van der Waals surface area contributed by atoms with Gasteiger partial charge in [0.1, 0.15) is 0 Å². The highest BCUT2D eigenvalue weighted by atomic mass is 15.4. The fourth-order valence-corrected chi connectivity index (χ4v) is 2.15. The number of aryl methyl sites for hydroxylation is 1. The van der Waals surface area contributed by atoms with Crippen molar-refractivity contribution in [3.8, 4) is 0 Å². The Kier molecular flexibility index (Phi) is 4.32. The second-order valence-corrected chi connectivity index (χ2v) is 5.18. The maximum absolute atomic E-state index is 6.32. The normalized spacial score (nSPS) is 12.9. The Bertz CT molecular complexity index is 513. The van der Waals surface area contributed by atoms with Gasteiger partial charge in [-0.05, 0) is 23.5 Å². The summed E-state index contributed by atoms with van der Waals surface area (Å²) in [6, 6.07) is 8.33. The molecule has 4 heteroatoms. The standard InChI is InChI=1S/C15H22N4/c1-4-9-19-14(10-17-18-19)15(16)13-7-5-12(6-8-13)11(2)3/h5-8,10-11,15H,4,9,16H2,1-3H3. The van der Waals surface area contributed by atoms with Crippen LogP contribution in [0.5, 0.6) is 0 Å². The molecule has 0 fully saturated rings. The molecule has 0 radical (unpaired) electrons. The van der Waals surface area contributed by atoms with Crippen LogP contribution in [0.2, 0.25) is 0 Å². The van der Waals surface area contributed by atoms with Crippen LogP contribution in [0.4, 0.5) is 0 Å². The lowest BCUT2D eigenvalue weighted by molar-refractivity contribution is 0.543. The van der Waals surface area contributed by atoms with Crippen molar-refractivity contribution < 1.29 is 0 Å². The highest BCUT2D eigenvalue weighted by Crippen LogP contribution is 2.21. The first-order valence-electron chi connectivity index (χ1n) is 6.87. The molecule has 1 heterocycles. The van der Waals surface area contributed by atoms with E-state index >= 15 is 0 Å². The van der Waals surface area contributed by atoms with Crippen LogP contribution >= 0.6 is 0 Å². The monoisotopic (exact) mass is 258 g/mol. The van der Waals surface area contributed by atoms with Gasteiger partial charge in [0.05, 0.1) is 17.9 Å². The predicted octanol–water partition coefficient (Wildman–Crippen LogP) is 2.86. The Morgan fingerprint density at radius 2 is 1.79 bits per heavy atom. The summed E-state index contributed by atoms with van der Waals surface area (Å²) in [6.07, 6.45) is 2.78. The van der Waals surface area contributed by atoms with Gasteiger partial charge in [0.15, 0.2) is 0 Å². The van der Waals surface area contributed by atoms with E-state index < -0.39 is 0 Å². The van der Waals surface area contributed by atoms with Gasteiger partial charge in [-0.1, -0.05) is 50.3 Å². The van der Waals surface area contributed by atoms with Crippen molar-refractivity contribution in [3.63, 3.8) is 0 Å². The van der Waals surface area contributed by atoms with Crippen LogP contribution in [-0.2, 0) is 6.54 Å². The smallest absolute Gasteiger partial charge is 0.0799 e. The summed E-state index contributed by atoms with van der Waals surface area (Å²) in [5.74, 6) is 0.539. The molecule has 102 valence electrons. The minimum absolute atomic E-state index is 0.164. The molecule has 2 N–H and O–H groups in total. The quantitative estimate of drug-likeness (QED) is 0.897. The summed E-state index contributed by atoms with van der Waals surface area (Å²) in [6.45, 7) is 7.35. The van der Waals surface area contributed by atoms with Crippen molar-refractivity contribution in [3.05, 3.63) is 47.3 Å². The number of hydrogen-bond acceptors (Lipinski definition) is 3. The number of benzene rings is 1. The molecule has 2 rings (SSSR count). The molecule has 1 aromatic carbocycles. The first-order valence-corrected chi connectivity index (χ1v) is 6.87. The van der Waals surface area contributed by atoms with Crippen LogP contribution in [0, 0.1) is 0 Å². The van der Waals surface area contributed by atoms with Crippen molar-refractivity contribution in [1.82, 2.24) is 15.0 Å². The van der Waals surface area contributed by atoms with Gasteiger partial charge in [0.2, 0.25) is 0 Å². The molecular weight excluding hydrogens is 236 g/mol. The van der Waals surface area contributed by atoms with Crippen LogP contribution in [0.15, 0.2) is 30.5 Å². The van der Waals surface area contributed by atoms with Crippen LogP contribution in [0.3, 0.4) is 0 Å². The highest BCUT2D eigenvalue weighted by molar-refractivity contribution is 5.30. The van der Waals surface area contributed by atoms with Gasteiger partial charge >= 0.3 is 0 Å². The molecule has 0 amide bonds. The zero-order chi connectivity index (χ0) is 13.8. The first-order chi connectivity index (χ1) is 9.13. The molecule has 0 bridgehead atoms. The van der Waals surface area contributed by atoms with E-state index in [1.807, 2.05) is 4.68 Å². The maximum Gasteiger partial charge on any atom is 0.0799 e. The van der Waals surface area contributed by atoms with E-state index in [0.29, 0.717) is 5.92 Å². The third-order valence-electron chi connectivity index (χ3n) is 3.36. The van der Waals surface area contributed by atoms with Crippen molar-refractivity contribution in [2.75, 3.05) is 0 Å². The highest BCUT2D eigenvalue weighted by Gasteiger charge is 2.14. The second-order valence-electron chi connectivity index (χ2n) is 5.18. The third-order valence-corrected chi connectivity index (χ3v) is 3.36. The molecule has 0 saturated carbocycles. The van der Waals surface area contributed by atoms with Crippen molar-refractivity contribution >= 4 is 0 Å². The number of hydrogen-bond donors (Lipinski definition) is 1. The van der Waals surface area contributed by atoms with Gasteiger partial charge in [-0.15, -0.1) is 5.10 Å². The maximum atomic E-state index is 6.32. The third kappa shape index (κ3) is 3.01. The fourth-order valence-electron chi connectivity index (χ4n) is 2.15. The minimum atomic E-state index is -0.164. The Morgan fingerprint density at radius 1 is 1.16 bits per heavy atom. The van der Waals surface area contributed by atoms with E-state index in [1.165, 1.54) is 5.56 Å². The summed E-state index contributed by atoms with van der Waals surface area (Å²) >= 11 is 0. The van der Waals surface area contributed by atoms with Gasteiger partial charge in [-0.3, -0.25) is 0 Å². The Balaban J connectivity index is 2.23. The summed E-state index contributed by atoms with van der Waals surface area (Å²) in [5.41, 5.74) is 9.72. The van der Waals surface area contributed by atoms with Crippen LogP contribution in [0.1, 0.15) is 56.0 Å². The summed E-state index contributed by atoms with van der Waals surface area (Å²) in [5, 5.41) is 8.05. The average molecular weight is 258 g/mol. The zero-order valence-electron chi connectivity index (χ0n) is 11.9. The number of aromatic nitrogens is 3. The number of nitrogens with two attached hydrogens (primary N) is 1. The minimum Gasteiger partial charge on any atom is -0.319 e. The Labute approximate surface area is 114 Å². The molecule has 0 aliphatic heterocycles. The van der Waals surface area contributed by atoms with Crippen molar-refractivity contribution in [1.29, 1.82) is 0 Å². The van der Waals surface area contributed by atoms with Crippen molar-refractivity contribution in [2.45, 2.75) is 45.7 Å². The largest absolute Gasteiger partial charge is 0.319 e. The first kappa shape index (κ1) is 13.7. The summed E-state index contributed by atoms with van der Waals surface area (Å²) in [4.78, 5) is 0. The van der Waals surface area contributed by atoms with E-state index in [1.54, 1.807) is 6.20 Å². The van der Waals surface area contributed by atoms with Crippen LogP contribution < -0.4 is 5.73 Å². The molecule has 0 aliphatic rings. The summed E-state index contributed by atoms with van der Waals surface area (Å²) in [7, 11) is 0. The van der Waals surface area contributed by atoms with E-state index in [0.717, 1.165) is 24.2 Å². The van der Waals surface area contributed by atoms with E-state index in [-0.39, 0.29) is 6.04 Å². The molecule has 0 aliphatic carbocycles. The SMILES string of the molecule is CCCn1nncc1C(N)c1ccc(C(C)C)cc1. The molecule has 1 atom stereocenters. The molecule has 0 saturated heterocycles. The van der Waals surface area contributed by atoms with Gasteiger partial charge in [-0.2, -0.15) is 0 Å². The van der Waals surface area contributed by atoms with Crippen LogP contribution in [-0.4, -0.2) is 15.0 Å². The van der Waals surface area contributed by atoms with E-state index in [2.05, 4.69) is 55.3 Å². The topological polar surface area (TPSA) is 56.7 Å². The van der Waals surface area contributed by atoms with Crippen LogP contribution in [0.25, 0.3) is 0 Å². The van der Waals surface area contributed by atoms with E-state index in [9.17, 15) is 0 Å². The number of rotatable bonds is 5. The molecule has 19 heavy (non-hydrogen) atoms. The molecule has 0 spiro atoms. The van der Waals surface area contributed by atoms with Gasteiger partial charge < -0.3 is 5.73 Å². The molecule has 4 nitrogen and oxygen atoms in total. The molecular formula is C15H22N4. The molecule has 1 aromatic heterocycles. The predicted molar refractivity (Wildman–Crippen MR) is 76.9 cm³/mol. The summed E-state index contributed by atoms with van der Waals surface area (Å²) < 4.78 is 1.89. The zero-order valence-corrected chi connectivity index (χ0v) is 11.9. The van der Waals surface area contributed by atoms with Gasteiger partial charge in [0, 0.05) is 6.54 Å².